The molecule has 0 aliphatic rings. The van der Waals surface area contributed by atoms with E-state index in [-0.39, 0.29) is 24.5 Å². The third-order valence-electron chi connectivity index (χ3n) is 6.60. The van der Waals surface area contributed by atoms with Gasteiger partial charge in [0.15, 0.2) is 5.76 Å². The summed E-state index contributed by atoms with van der Waals surface area (Å²) in [7, 11) is 0. The number of aromatic nitrogens is 1. The third-order valence-corrected chi connectivity index (χ3v) is 7.40. The monoisotopic (exact) mass is 675 g/mol. The van der Waals surface area contributed by atoms with Crippen molar-refractivity contribution in [2.75, 3.05) is 0 Å². The van der Waals surface area contributed by atoms with Crippen molar-refractivity contribution in [3.8, 4) is 17.2 Å². The van der Waals surface area contributed by atoms with E-state index in [1.165, 1.54) is 18.3 Å². The number of rotatable bonds is 11. The number of benzene rings is 3. The molecule has 0 spiro atoms. The number of carbonyl (C=O) groups is 2. The molecule has 5 aromatic rings. The predicted octanol–water partition coefficient (Wildman–Crippen LogP) is 7.72. The van der Waals surface area contributed by atoms with E-state index in [4.69, 9.17) is 25.5 Å². The van der Waals surface area contributed by atoms with Crippen LogP contribution in [0.15, 0.2) is 98.9 Å². The van der Waals surface area contributed by atoms with Gasteiger partial charge in [-0.05, 0) is 108 Å². The van der Waals surface area contributed by atoms with Gasteiger partial charge in [0.25, 0.3) is 0 Å². The molecule has 0 aliphatic heterocycles. The van der Waals surface area contributed by atoms with Crippen LogP contribution < -0.4 is 14.9 Å². The zero-order valence-corrected chi connectivity index (χ0v) is 26.1. The minimum atomic E-state index is -1.02. The van der Waals surface area contributed by atoms with Gasteiger partial charge in [-0.15, -0.1) is 0 Å². The molecule has 1 amide bonds. The highest BCUT2D eigenvalue weighted by Crippen LogP contribution is 2.32. The van der Waals surface area contributed by atoms with Gasteiger partial charge < -0.3 is 23.6 Å². The molecular weight excluding hydrogens is 650 g/mol. The van der Waals surface area contributed by atoms with Crippen molar-refractivity contribution in [1.82, 2.24) is 9.99 Å². The zero-order chi connectivity index (χ0) is 31.2. The lowest BCUT2D eigenvalue weighted by molar-refractivity contribution is 0.0696. The highest BCUT2D eigenvalue weighted by molar-refractivity contribution is 9.10. The van der Waals surface area contributed by atoms with Crippen LogP contribution >= 0.6 is 27.5 Å². The average Bonchev–Trinajstić information content (AvgIpc) is 3.62. The number of aryl methyl sites for hydroxylation is 2. The smallest absolute Gasteiger partial charge is 0.335 e. The third kappa shape index (κ3) is 7.39. The summed E-state index contributed by atoms with van der Waals surface area (Å²) in [4.78, 5) is 23.9. The molecule has 0 unspecified atom stereocenters. The second-order valence-corrected chi connectivity index (χ2v) is 11.1. The second kappa shape index (κ2) is 13.7. The van der Waals surface area contributed by atoms with Crippen LogP contribution in [-0.4, -0.2) is 27.8 Å². The van der Waals surface area contributed by atoms with E-state index in [9.17, 15) is 14.7 Å². The Bertz CT molecular complexity index is 1830. The molecule has 0 aliphatic carbocycles. The number of hydrazone groups is 1. The van der Waals surface area contributed by atoms with Crippen LogP contribution in [0.5, 0.6) is 11.5 Å². The Morgan fingerprint density at radius 1 is 0.977 bits per heavy atom. The van der Waals surface area contributed by atoms with Crippen molar-refractivity contribution >= 4 is 45.6 Å². The van der Waals surface area contributed by atoms with Crippen molar-refractivity contribution in [3.63, 3.8) is 0 Å². The Hall–Kier alpha value is -4.80. The Morgan fingerprint density at radius 3 is 2.45 bits per heavy atom. The summed E-state index contributed by atoms with van der Waals surface area (Å²) < 4.78 is 20.2. The van der Waals surface area contributed by atoms with Crippen LogP contribution in [0.1, 0.15) is 49.2 Å². The molecule has 2 N–H and O–H groups in total. The first-order valence-electron chi connectivity index (χ1n) is 13.4. The summed E-state index contributed by atoms with van der Waals surface area (Å²) in [5, 5.41) is 13.7. The molecule has 0 saturated heterocycles. The number of furan rings is 1. The number of hydrogen-bond acceptors (Lipinski definition) is 6. The van der Waals surface area contributed by atoms with Gasteiger partial charge in [-0.1, -0.05) is 23.7 Å². The number of halogens is 2. The summed E-state index contributed by atoms with van der Waals surface area (Å²) in [5.41, 5.74) is 7.09. The molecule has 9 nitrogen and oxygen atoms in total. The zero-order valence-electron chi connectivity index (χ0n) is 23.7. The van der Waals surface area contributed by atoms with Gasteiger partial charge in [-0.2, -0.15) is 5.10 Å². The molecule has 224 valence electrons. The quantitative estimate of drug-likeness (QED) is 0.109. The van der Waals surface area contributed by atoms with Crippen molar-refractivity contribution in [1.29, 1.82) is 0 Å². The lowest BCUT2D eigenvalue weighted by Gasteiger charge is -2.12. The summed E-state index contributed by atoms with van der Waals surface area (Å²) in [6.45, 7) is 4.36. The standard InChI is InChI=1S/C33H27BrClN3O6/c1-20-6-7-21(2)38(20)26-8-10-27(11-9-26)42-19-28-12-13-30(44-28)32(39)37-36-17-24-15-25(35)16-29(34)31(24)43-18-22-4-3-5-23(14-22)33(40)41/h3-17H,18-19H2,1-2H3,(H,37,39)(H,40,41)/b36-17+. The fourth-order valence-corrected chi connectivity index (χ4v) is 5.44. The maximum Gasteiger partial charge on any atom is 0.335 e. The molecular formula is C33H27BrClN3O6. The van der Waals surface area contributed by atoms with E-state index in [0.29, 0.717) is 37.9 Å². The van der Waals surface area contributed by atoms with Crippen molar-refractivity contribution < 1.29 is 28.6 Å². The van der Waals surface area contributed by atoms with E-state index in [1.807, 2.05) is 24.3 Å². The predicted molar refractivity (Wildman–Crippen MR) is 170 cm³/mol. The number of nitrogens with one attached hydrogen (secondary N) is 1. The maximum atomic E-state index is 12.7. The highest BCUT2D eigenvalue weighted by atomic mass is 79.9. The summed E-state index contributed by atoms with van der Waals surface area (Å²) in [6, 6.07) is 24.8. The number of nitrogens with zero attached hydrogens (tertiary/aromatic N) is 2. The van der Waals surface area contributed by atoms with Gasteiger partial charge >= 0.3 is 11.9 Å². The van der Waals surface area contributed by atoms with Gasteiger partial charge in [0.2, 0.25) is 0 Å². The molecule has 0 atom stereocenters. The molecule has 3 aromatic carbocycles. The Labute approximate surface area is 266 Å². The first-order chi connectivity index (χ1) is 21.2. The fraction of sp³-hybridized carbons (Fsp3) is 0.121. The first kappa shape index (κ1) is 30.7. The van der Waals surface area contributed by atoms with E-state index < -0.39 is 11.9 Å². The van der Waals surface area contributed by atoms with E-state index in [1.54, 1.807) is 36.4 Å². The van der Waals surface area contributed by atoms with E-state index >= 15 is 0 Å². The molecule has 2 heterocycles. The molecule has 44 heavy (non-hydrogen) atoms. The van der Waals surface area contributed by atoms with Crippen LogP contribution in [0, 0.1) is 13.8 Å². The highest BCUT2D eigenvalue weighted by Gasteiger charge is 2.14. The molecule has 5 rings (SSSR count). The van der Waals surface area contributed by atoms with Crippen LogP contribution in [0.4, 0.5) is 0 Å². The number of carboxylic acids is 1. The summed E-state index contributed by atoms with van der Waals surface area (Å²) in [5.74, 6) is 0.0469. The SMILES string of the molecule is Cc1ccc(C)n1-c1ccc(OCc2ccc(C(=O)N/N=C/c3cc(Cl)cc(Br)c3OCc3cccc(C(=O)O)c3)o2)cc1. The largest absolute Gasteiger partial charge is 0.487 e. The number of carbonyl (C=O) groups excluding carboxylic acids is 1. The summed E-state index contributed by atoms with van der Waals surface area (Å²) in [6.07, 6.45) is 1.39. The number of ether oxygens (including phenoxy) is 2. The van der Waals surface area contributed by atoms with Gasteiger partial charge in [0.1, 0.15) is 30.5 Å². The van der Waals surface area contributed by atoms with Gasteiger partial charge in [0.05, 0.1) is 16.3 Å². The van der Waals surface area contributed by atoms with Gasteiger partial charge in [-0.25, -0.2) is 10.2 Å². The Kier molecular flexibility index (Phi) is 9.52. The number of carboxylic acid groups (broad SMARTS) is 1. The number of hydrogen-bond donors (Lipinski definition) is 2. The molecule has 2 aromatic heterocycles. The van der Waals surface area contributed by atoms with Crippen LogP contribution in [0.2, 0.25) is 5.02 Å². The minimum Gasteiger partial charge on any atom is -0.487 e. The average molecular weight is 677 g/mol. The second-order valence-electron chi connectivity index (χ2n) is 9.80. The normalized spacial score (nSPS) is 11.1. The topological polar surface area (TPSA) is 115 Å². The van der Waals surface area contributed by atoms with Crippen LogP contribution in [0.25, 0.3) is 5.69 Å². The molecule has 11 heteroatoms. The van der Waals surface area contributed by atoms with Crippen LogP contribution in [0.3, 0.4) is 0 Å². The molecule has 0 saturated carbocycles. The van der Waals surface area contributed by atoms with Crippen LogP contribution in [-0.2, 0) is 13.2 Å². The van der Waals surface area contributed by atoms with Gasteiger partial charge in [0, 0.05) is 27.7 Å². The van der Waals surface area contributed by atoms with E-state index in [2.05, 4.69) is 57.0 Å². The van der Waals surface area contributed by atoms with Crippen molar-refractivity contribution in [2.24, 2.45) is 5.10 Å². The fourth-order valence-electron chi connectivity index (χ4n) is 4.49. The Balaban J connectivity index is 1.18. The Morgan fingerprint density at radius 2 is 1.73 bits per heavy atom. The molecule has 0 bridgehead atoms. The summed E-state index contributed by atoms with van der Waals surface area (Å²) >= 11 is 9.66. The van der Waals surface area contributed by atoms with Crippen molar-refractivity contribution in [3.05, 3.63) is 134 Å². The van der Waals surface area contributed by atoms with Gasteiger partial charge in [-0.3, -0.25) is 4.79 Å². The lowest BCUT2D eigenvalue weighted by Crippen LogP contribution is -2.17. The number of aromatic carboxylic acids is 1. The molecule has 0 fully saturated rings. The first-order valence-corrected chi connectivity index (χ1v) is 14.6. The minimum absolute atomic E-state index is 0.0664. The molecule has 0 radical (unpaired) electrons. The van der Waals surface area contributed by atoms with E-state index in [0.717, 1.165) is 17.1 Å². The number of amides is 1. The lowest BCUT2D eigenvalue weighted by atomic mass is 10.1. The van der Waals surface area contributed by atoms with Crippen molar-refractivity contribution in [2.45, 2.75) is 27.1 Å². The maximum absolute atomic E-state index is 12.7.